The van der Waals surface area contributed by atoms with E-state index < -0.39 is 6.55 Å². The van der Waals surface area contributed by atoms with E-state index >= 15 is 0 Å². The third kappa shape index (κ3) is 3.26. The molecular weight excluding hydrogens is 208 g/mol. The summed E-state index contributed by atoms with van der Waals surface area (Å²) in [5.74, 6) is 1.34. The molecule has 0 aliphatic heterocycles. The highest BCUT2D eigenvalue weighted by molar-refractivity contribution is 7.98. The Labute approximate surface area is 85.9 Å². The van der Waals surface area contributed by atoms with Crippen LogP contribution in [0.3, 0.4) is 0 Å². The lowest BCUT2D eigenvalue weighted by Crippen LogP contribution is -2.19. The zero-order valence-corrected chi connectivity index (χ0v) is 8.73. The molecule has 1 heterocycles. The van der Waals surface area contributed by atoms with Crippen molar-refractivity contribution in [1.29, 1.82) is 0 Å². The van der Waals surface area contributed by atoms with E-state index in [9.17, 15) is 8.78 Å². The lowest BCUT2D eigenvalue weighted by molar-refractivity contribution is 0.0666. The first kappa shape index (κ1) is 11.5. The molecule has 0 saturated heterocycles. The van der Waals surface area contributed by atoms with Crippen LogP contribution in [-0.2, 0) is 6.54 Å². The Bertz CT molecular complexity index is 265. The van der Waals surface area contributed by atoms with Crippen LogP contribution < -0.4 is 5.32 Å². The van der Waals surface area contributed by atoms with Crippen LogP contribution in [0.1, 0.15) is 12.4 Å². The van der Waals surface area contributed by atoms with Gasteiger partial charge in [0, 0.05) is 24.7 Å². The number of thioether (sulfide) groups is 1. The van der Waals surface area contributed by atoms with Gasteiger partial charge in [0.05, 0.1) is 6.54 Å². The minimum atomic E-state index is -2.50. The van der Waals surface area contributed by atoms with Crippen molar-refractivity contribution in [3.63, 3.8) is 0 Å². The zero-order valence-electron chi connectivity index (χ0n) is 7.91. The van der Waals surface area contributed by atoms with Crippen LogP contribution in [0.5, 0.6) is 0 Å². The quantitative estimate of drug-likeness (QED) is 0.742. The number of alkyl halides is 2. The molecule has 1 aromatic heterocycles. The highest BCUT2D eigenvalue weighted by Gasteiger charge is 2.09. The van der Waals surface area contributed by atoms with Crippen molar-refractivity contribution >= 4 is 11.8 Å². The molecule has 0 aliphatic carbocycles. The predicted octanol–water partition coefficient (Wildman–Crippen LogP) is 1.73. The molecule has 0 radical (unpaired) electrons. The van der Waals surface area contributed by atoms with Crippen molar-refractivity contribution in [2.75, 3.05) is 18.6 Å². The summed E-state index contributed by atoms with van der Waals surface area (Å²) in [7, 11) is 0. The fraction of sp³-hybridized carbons (Fsp3) is 0.625. The molecule has 0 bridgehead atoms. The molecule has 1 aromatic rings. The standard InChI is InChI=1S/C8H13F2N3S/c1-14-5-3-11-6-7-12-2-4-13(7)8(9)10/h2,4,8,11H,3,5-6H2,1H3. The lowest BCUT2D eigenvalue weighted by atomic mass is 10.5. The van der Waals surface area contributed by atoms with E-state index in [4.69, 9.17) is 0 Å². The molecule has 1 rings (SSSR count). The molecule has 0 amide bonds. The Hall–Kier alpha value is -0.620. The number of hydrogen-bond donors (Lipinski definition) is 1. The Morgan fingerprint density at radius 1 is 1.64 bits per heavy atom. The highest BCUT2D eigenvalue weighted by atomic mass is 32.2. The molecule has 0 spiro atoms. The molecular formula is C8H13F2N3S. The van der Waals surface area contributed by atoms with Crippen LogP contribution in [0.25, 0.3) is 0 Å². The predicted molar refractivity (Wildman–Crippen MR) is 53.6 cm³/mol. The van der Waals surface area contributed by atoms with Gasteiger partial charge in [-0.25, -0.2) is 4.98 Å². The van der Waals surface area contributed by atoms with E-state index in [0.717, 1.165) is 16.9 Å². The second-order valence-electron chi connectivity index (χ2n) is 2.70. The van der Waals surface area contributed by atoms with Crippen molar-refractivity contribution in [2.45, 2.75) is 13.1 Å². The Morgan fingerprint density at radius 2 is 2.43 bits per heavy atom. The van der Waals surface area contributed by atoms with Crippen LogP contribution in [0.15, 0.2) is 12.4 Å². The van der Waals surface area contributed by atoms with Crippen LogP contribution in [0.4, 0.5) is 8.78 Å². The third-order valence-electron chi connectivity index (χ3n) is 1.73. The first-order valence-electron chi connectivity index (χ1n) is 4.25. The van der Waals surface area contributed by atoms with Crippen LogP contribution in [0.2, 0.25) is 0 Å². The molecule has 3 nitrogen and oxygen atoms in total. The van der Waals surface area contributed by atoms with Crippen LogP contribution in [-0.4, -0.2) is 28.1 Å². The van der Waals surface area contributed by atoms with Gasteiger partial charge < -0.3 is 5.32 Å². The molecule has 14 heavy (non-hydrogen) atoms. The Balaban J connectivity index is 2.38. The monoisotopic (exact) mass is 221 g/mol. The van der Waals surface area contributed by atoms with Gasteiger partial charge in [-0.1, -0.05) is 0 Å². The normalized spacial score (nSPS) is 11.1. The molecule has 0 saturated carbocycles. The smallest absolute Gasteiger partial charge is 0.309 e. The molecule has 0 fully saturated rings. The number of imidazole rings is 1. The largest absolute Gasteiger partial charge is 0.319 e. The van der Waals surface area contributed by atoms with Crippen LogP contribution >= 0.6 is 11.8 Å². The molecule has 0 aromatic carbocycles. The molecule has 0 atom stereocenters. The van der Waals surface area contributed by atoms with Gasteiger partial charge in [0.15, 0.2) is 0 Å². The van der Waals surface area contributed by atoms with E-state index in [2.05, 4.69) is 10.3 Å². The third-order valence-corrected chi connectivity index (χ3v) is 2.34. The number of aromatic nitrogens is 2. The first-order chi connectivity index (χ1) is 6.75. The van der Waals surface area contributed by atoms with Crippen molar-refractivity contribution < 1.29 is 8.78 Å². The van der Waals surface area contributed by atoms with Gasteiger partial charge in [0.2, 0.25) is 0 Å². The van der Waals surface area contributed by atoms with E-state index in [1.54, 1.807) is 11.8 Å². The second-order valence-corrected chi connectivity index (χ2v) is 3.68. The zero-order chi connectivity index (χ0) is 10.4. The molecule has 0 aliphatic rings. The van der Waals surface area contributed by atoms with E-state index in [1.165, 1.54) is 12.4 Å². The van der Waals surface area contributed by atoms with Gasteiger partial charge in [-0.15, -0.1) is 0 Å². The second kappa shape index (κ2) is 5.98. The summed E-state index contributed by atoms with van der Waals surface area (Å²) in [6.07, 6.45) is 4.68. The van der Waals surface area contributed by atoms with Crippen molar-refractivity contribution in [3.05, 3.63) is 18.2 Å². The average Bonchev–Trinajstić information content (AvgIpc) is 2.60. The summed E-state index contributed by atoms with van der Waals surface area (Å²) in [5.41, 5.74) is 0. The number of nitrogens with one attached hydrogen (secondary N) is 1. The maximum absolute atomic E-state index is 12.3. The minimum absolute atomic E-state index is 0.376. The van der Waals surface area contributed by atoms with Gasteiger partial charge in [-0.05, 0) is 6.26 Å². The summed E-state index contributed by atoms with van der Waals surface area (Å²) in [6.45, 7) is -1.32. The van der Waals surface area contributed by atoms with Crippen molar-refractivity contribution in [2.24, 2.45) is 0 Å². The first-order valence-corrected chi connectivity index (χ1v) is 5.64. The number of nitrogens with zero attached hydrogens (tertiary/aromatic N) is 2. The SMILES string of the molecule is CSCCNCc1nccn1C(F)F. The van der Waals surface area contributed by atoms with Crippen LogP contribution in [0, 0.1) is 0 Å². The fourth-order valence-electron chi connectivity index (χ4n) is 1.03. The van der Waals surface area contributed by atoms with Gasteiger partial charge >= 0.3 is 6.55 Å². The van der Waals surface area contributed by atoms with Gasteiger partial charge in [0.25, 0.3) is 0 Å². The summed E-state index contributed by atoms with van der Waals surface area (Å²) in [6, 6.07) is 0. The van der Waals surface area contributed by atoms with Gasteiger partial charge in [0.1, 0.15) is 5.82 Å². The van der Waals surface area contributed by atoms with Gasteiger partial charge in [-0.3, -0.25) is 4.57 Å². The molecule has 1 N–H and O–H groups in total. The highest BCUT2D eigenvalue weighted by Crippen LogP contribution is 2.11. The van der Waals surface area contributed by atoms with Crippen molar-refractivity contribution in [3.8, 4) is 0 Å². The molecule has 6 heteroatoms. The Kier molecular flexibility index (Phi) is 4.89. The maximum atomic E-state index is 12.3. The molecule has 80 valence electrons. The topological polar surface area (TPSA) is 29.9 Å². The summed E-state index contributed by atoms with van der Waals surface area (Å²) < 4.78 is 25.5. The van der Waals surface area contributed by atoms with E-state index in [0.29, 0.717) is 12.4 Å². The number of rotatable bonds is 6. The summed E-state index contributed by atoms with van der Waals surface area (Å²) in [5, 5.41) is 3.05. The van der Waals surface area contributed by atoms with Crippen molar-refractivity contribution in [1.82, 2.24) is 14.9 Å². The van der Waals surface area contributed by atoms with E-state index in [1.807, 2.05) is 6.26 Å². The molecule has 0 unspecified atom stereocenters. The number of hydrogen-bond acceptors (Lipinski definition) is 3. The number of halogens is 2. The minimum Gasteiger partial charge on any atom is -0.309 e. The van der Waals surface area contributed by atoms with E-state index in [-0.39, 0.29) is 0 Å². The summed E-state index contributed by atoms with van der Waals surface area (Å²) in [4.78, 5) is 3.85. The van der Waals surface area contributed by atoms with Gasteiger partial charge in [-0.2, -0.15) is 20.5 Å². The fourth-order valence-corrected chi connectivity index (χ4v) is 1.38. The average molecular weight is 221 g/mol. The lowest BCUT2D eigenvalue weighted by Gasteiger charge is -2.06. The maximum Gasteiger partial charge on any atom is 0.319 e. The Morgan fingerprint density at radius 3 is 3.07 bits per heavy atom. The summed E-state index contributed by atoms with van der Waals surface area (Å²) >= 11 is 1.71.